The van der Waals surface area contributed by atoms with Gasteiger partial charge in [0.1, 0.15) is 6.10 Å². The van der Waals surface area contributed by atoms with Crippen molar-refractivity contribution in [2.75, 3.05) is 0 Å². The largest absolute Gasteiger partial charge is 0.474 e. The zero-order chi connectivity index (χ0) is 15.9. The molecule has 1 amide bonds. The lowest BCUT2D eigenvalue weighted by Crippen LogP contribution is -2.23. The van der Waals surface area contributed by atoms with Crippen LogP contribution in [0.15, 0.2) is 35.2 Å². The highest BCUT2D eigenvalue weighted by Crippen LogP contribution is 2.23. The lowest BCUT2D eigenvalue weighted by Gasteiger charge is -2.13. The minimum absolute atomic E-state index is 0.0753. The van der Waals surface area contributed by atoms with Crippen LogP contribution >= 0.6 is 11.3 Å². The Labute approximate surface area is 140 Å². The number of carbonyl (C=O) groups excluding carboxylic acids is 1. The molecule has 0 radical (unpaired) electrons. The number of carbonyl (C=O) groups is 1. The molecule has 1 N–H and O–H groups in total. The van der Waals surface area contributed by atoms with Gasteiger partial charge in [-0.25, -0.2) is 4.98 Å². The van der Waals surface area contributed by atoms with Gasteiger partial charge in [-0.05, 0) is 66.1 Å². The van der Waals surface area contributed by atoms with Gasteiger partial charge in [-0.15, -0.1) is 0 Å². The molecule has 3 rings (SSSR count). The zero-order valence-electron chi connectivity index (χ0n) is 13.2. The van der Waals surface area contributed by atoms with Gasteiger partial charge < -0.3 is 10.1 Å². The lowest BCUT2D eigenvalue weighted by atomic mass is 10.2. The Hall–Kier alpha value is -1.88. The van der Waals surface area contributed by atoms with E-state index in [4.69, 9.17) is 4.74 Å². The van der Waals surface area contributed by atoms with Gasteiger partial charge in [-0.3, -0.25) is 4.79 Å². The standard InChI is InChI=1S/C18H22N2O2S/c21-17(6-5-14-8-10-23-13-14)20-12-15-7-9-19-18(11-15)22-16-3-1-2-4-16/h7-11,13,16H,1-6,12H2,(H,20,21). The van der Waals surface area contributed by atoms with E-state index in [9.17, 15) is 4.79 Å². The van der Waals surface area contributed by atoms with Crippen LogP contribution in [0.1, 0.15) is 43.2 Å². The van der Waals surface area contributed by atoms with Crippen molar-refractivity contribution in [2.24, 2.45) is 0 Å². The van der Waals surface area contributed by atoms with Crippen molar-refractivity contribution < 1.29 is 9.53 Å². The molecule has 1 fully saturated rings. The van der Waals surface area contributed by atoms with Crippen LogP contribution in [-0.2, 0) is 17.8 Å². The number of hydrogen-bond acceptors (Lipinski definition) is 4. The van der Waals surface area contributed by atoms with Crippen molar-refractivity contribution in [3.8, 4) is 5.88 Å². The molecule has 0 spiro atoms. The van der Waals surface area contributed by atoms with E-state index in [1.165, 1.54) is 18.4 Å². The minimum Gasteiger partial charge on any atom is -0.474 e. The van der Waals surface area contributed by atoms with Crippen LogP contribution in [0.5, 0.6) is 5.88 Å². The molecule has 0 aliphatic heterocycles. The van der Waals surface area contributed by atoms with E-state index in [-0.39, 0.29) is 5.91 Å². The second-order valence-electron chi connectivity index (χ2n) is 5.93. The third kappa shape index (κ3) is 5.06. The average Bonchev–Trinajstić information content (AvgIpc) is 3.25. The summed E-state index contributed by atoms with van der Waals surface area (Å²) in [5.41, 5.74) is 2.25. The van der Waals surface area contributed by atoms with E-state index in [1.807, 2.05) is 17.5 Å². The number of aryl methyl sites for hydroxylation is 1. The van der Waals surface area contributed by atoms with Crippen molar-refractivity contribution >= 4 is 17.2 Å². The topological polar surface area (TPSA) is 51.2 Å². The van der Waals surface area contributed by atoms with Crippen LogP contribution in [0, 0.1) is 0 Å². The molecule has 0 aromatic carbocycles. The van der Waals surface area contributed by atoms with Crippen LogP contribution in [0.4, 0.5) is 0 Å². The first-order valence-corrected chi connectivity index (χ1v) is 9.13. The van der Waals surface area contributed by atoms with Gasteiger partial charge in [0.05, 0.1) is 0 Å². The predicted octanol–water partition coefficient (Wildman–Crippen LogP) is 3.71. The molecule has 4 nitrogen and oxygen atoms in total. The number of nitrogens with zero attached hydrogens (tertiary/aromatic N) is 1. The Balaban J connectivity index is 1.44. The first kappa shape index (κ1) is 16.0. The summed E-state index contributed by atoms with van der Waals surface area (Å²) in [6.07, 6.45) is 8.08. The van der Waals surface area contributed by atoms with Gasteiger partial charge in [-0.1, -0.05) is 0 Å². The number of pyridine rings is 1. The summed E-state index contributed by atoms with van der Waals surface area (Å²) in [5.74, 6) is 0.744. The second kappa shape index (κ2) is 8.11. The van der Waals surface area contributed by atoms with Gasteiger partial charge >= 0.3 is 0 Å². The summed E-state index contributed by atoms with van der Waals surface area (Å²) in [6, 6.07) is 5.91. The third-order valence-electron chi connectivity index (χ3n) is 4.10. The molecular formula is C18H22N2O2S. The van der Waals surface area contributed by atoms with Crippen LogP contribution < -0.4 is 10.1 Å². The second-order valence-corrected chi connectivity index (χ2v) is 6.72. The summed E-state index contributed by atoms with van der Waals surface area (Å²) < 4.78 is 5.90. The van der Waals surface area contributed by atoms with Crippen molar-refractivity contribution in [3.63, 3.8) is 0 Å². The molecule has 0 bridgehead atoms. The van der Waals surface area contributed by atoms with Gasteiger partial charge in [0.2, 0.25) is 11.8 Å². The number of thiophene rings is 1. The third-order valence-corrected chi connectivity index (χ3v) is 4.83. The van der Waals surface area contributed by atoms with Gasteiger partial charge in [0.25, 0.3) is 0 Å². The maximum absolute atomic E-state index is 11.9. The smallest absolute Gasteiger partial charge is 0.220 e. The monoisotopic (exact) mass is 330 g/mol. The van der Waals surface area contributed by atoms with E-state index < -0.39 is 0 Å². The minimum atomic E-state index is 0.0753. The zero-order valence-corrected chi connectivity index (χ0v) is 14.0. The van der Waals surface area contributed by atoms with Gasteiger partial charge in [0.15, 0.2) is 0 Å². The highest BCUT2D eigenvalue weighted by Gasteiger charge is 2.17. The molecule has 2 aromatic heterocycles. The van der Waals surface area contributed by atoms with Crippen LogP contribution in [0.2, 0.25) is 0 Å². The fraction of sp³-hybridized carbons (Fsp3) is 0.444. The molecule has 23 heavy (non-hydrogen) atoms. The number of amides is 1. The van der Waals surface area contributed by atoms with Crippen molar-refractivity contribution in [1.29, 1.82) is 0 Å². The number of ether oxygens (including phenoxy) is 1. The highest BCUT2D eigenvalue weighted by molar-refractivity contribution is 7.07. The summed E-state index contributed by atoms with van der Waals surface area (Å²) in [6.45, 7) is 0.520. The number of aromatic nitrogens is 1. The maximum Gasteiger partial charge on any atom is 0.220 e. The Morgan fingerprint density at radius 3 is 2.96 bits per heavy atom. The quantitative estimate of drug-likeness (QED) is 0.842. The van der Waals surface area contributed by atoms with E-state index in [0.717, 1.165) is 24.8 Å². The average molecular weight is 330 g/mol. The highest BCUT2D eigenvalue weighted by atomic mass is 32.1. The molecular weight excluding hydrogens is 308 g/mol. The van der Waals surface area contributed by atoms with Crippen LogP contribution in [0.25, 0.3) is 0 Å². The number of rotatable bonds is 7. The fourth-order valence-electron chi connectivity index (χ4n) is 2.78. The van der Waals surface area contributed by atoms with E-state index in [1.54, 1.807) is 17.5 Å². The number of hydrogen-bond donors (Lipinski definition) is 1. The van der Waals surface area contributed by atoms with E-state index >= 15 is 0 Å². The molecule has 122 valence electrons. The van der Waals surface area contributed by atoms with Crippen LogP contribution in [-0.4, -0.2) is 17.0 Å². The molecule has 2 heterocycles. The van der Waals surface area contributed by atoms with E-state index in [2.05, 4.69) is 21.7 Å². The molecule has 5 heteroatoms. The normalized spacial score (nSPS) is 14.8. The Morgan fingerprint density at radius 2 is 2.17 bits per heavy atom. The molecule has 2 aromatic rings. The lowest BCUT2D eigenvalue weighted by molar-refractivity contribution is -0.121. The summed E-state index contributed by atoms with van der Waals surface area (Å²) in [4.78, 5) is 16.2. The van der Waals surface area contributed by atoms with Gasteiger partial charge in [-0.2, -0.15) is 11.3 Å². The molecule has 0 saturated heterocycles. The van der Waals surface area contributed by atoms with Crippen molar-refractivity contribution in [1.82, 2.24) is 10.3 Å². The molecule has 0 unspecified atom stereocenters. The Morgan fingerprint density at radius 1 is 1.30 bits per heavy atom. The Kier molecular flexibility index (Phi) is 5.64. The summed E-state index contributed by atoms with van der Waals surface area (Å²) in [7, 11) is 0. The van der Waals surface area contributed by atoms with E-state index in [0.29, 0.717) is 24.9 Å². The Bertz CT molecular complexity index is 622. The first-order chi connectivity index (χ1) is 11.3. The molecule has 1 aliphatic carbocycles. The molecule has 1 saturated carbocycles. The van der Waals surface area contributed by atoms with Gasteiger partial charge in [0, 0.05) is 25.2 Å². The first-order valence-electron chi connectivity index (χ1n) is 8.19. The molecule has 1 aliphatic rings. The fourth-order valence-corrected chi connectivity index (χ4v) is 3.49. The van der Waals surface area contributed by atoms with Crippen molar-refractivity contribution in [3.05, 3.63) is 46.3 Å². The maximum atomic E-state index is 11.9. The predicted molar refractivity (Wildman–Crippen MR) is 91.6 cm³/mol. The SMILES string of the molecule is O=C(CCc1ccsc1)NCc1ccnc(OC2CCCC2)c1. The van der Waals surface area contributed by atoms with Crippen molar-refractivity contribution in [2.45, 2.75) is 51.2 Å². The summed E-state index contributed by atoms with van der Waals surface area (Å²) >= 11 is 1.66. The summed E-state index contributed by atoms with van der Waals surface area (Å²) in [5, 5.41) is 7.09. The van der Waals surface area contributed by atoms with Crippen LogP contribution in [0.3, 0.4) is 0 Å². The molecule has 0 atom stereocenters. The number of nitrogens with one attached hydrogen (secondary N) is 1.